The van der Waals surface area contributed by atoms with Gasteiger partial charge in [0.1, 0.15) is 0 Å². The lowest BCUT2D eigenvalue weighted by Crippen LogP contribution is -2.42. The number of hydrogen-bond donors (Lipinski definition) is 0. The molecule has 0 bridgehead atoms. The van der Waals surface area contributed by atoms with Crippen molar-refractivity contribution in [3.05, 3.63) is 77.8 Å². The molecule has 6 nitrogen and oxygen atoms in total. The molecule has 26 heavy (non-hydrogen) atoms. The second kappa shape index (κ2) is 7.17. The Morgan fingerprint density at radius 3 is 2.88 bits per heavy atom. The van der Waals surface area contributed by atoms with E-state index in [9.17, 15) is 4.79 Å². The van der Waals surface area contributed by atoms with Crippen LogP contribution in [-0.2, 0) is 24.8 Å². The van der Waals surface area contributed by atoms with Gasteiger partial charge in [0.15, 0.2) is 5.76 Å². The van der Waals surface area contributed by atoms with Crippen LogP contribution in [0.5, 0.6) is 0 Å². The summed E-state index contributed by atoms with van der Waals surface area (Å²) in [5, 5.41) is 0. The van der Waals surface area contributed by atoms with Crippen LogP contribution in [0.1, 0.15) is 33.5 Å². The fraction of sp³-hybridized carbons (Fsp3) is 0.300. The van der Waals surface area contributed by atoms with Crippen LogP contribution in [0.2, 0.25) is 0 Å². The number of carbonyl (C=O) groups excluding carboxylic acids is 1. The van der Waals surface area contributed by atoms with E-state index in [4.69, 9.17) is 9.15 Å². The Kier molecular flexibility index (Phi) is 4.58. The van der Waals surface area contributed by atoms with Gasteiger partial charge in [-0.05, 0) is 17.7 Å². The molecular weight excluding hydrogens is 330 g/mol. The lowest BCUT2D eigenvalue weighted by molar-refractivity contribution is 0.0307. The molecule has 0 radical (unpaired) electrons. The van der Waals surface area contributed by atoms with E-state index < -0.39 is 0 Å². The second-order valence-electron chi connectivity index (χ2n) is 6.43. The number of benzene rings is 1. The van der Waals surface area contributed by atoms with Crippen LogP contribution in [0.25, 0.3) is 0 Å². The summed E-state index contributed by atoms with van der Waals surface area (Å²) >= 11 is 0. The van der Waals surface area contributed by atoms with E-state index in [0.29, 0.717) is 25.5 Å². The van der Waals surface area contributed by atoms with Crippen molar-refractivity contribution in [2.24, 2.45) is 7.05 Å². The third-order valence-corrected chi connectivity index (χ3v) is 4.72. The standard InChI is InChI=1S/C20H21N3O3/c1-22-14-21-16-9-10-23(20(24)18-8-5-11-26-18)17(19(16)22)13-25-12-15-6-3-2-4-7-15/h2-8,11,14,17H,9-10,12-13H2,1H3/t17-/m1/s1. The summed E-state index contributed by atoms with van der Waals surface area (Å²) in [6.07, 6.45) is 4.06. The van der Waals surface area contributed by atoms with Crippen molar-refractivity contribution < 1.29 is 13.9 Å². The number of aromatic nitrogens is 2. The minimum Gasteiger partial charge on any atom is -0.459 e. The Morgan fingerprint density at radius 2 is 2.12 bits per heavy atom. The number of fused-ring (bicyclic) bond motifs is 1. The van der Waals surface area contributed by atoms with Gasteiger partial charge >= 0.3 is 0 Å². The molecule has 134 valence electrons. The van der Waals surface area contributed by atoms with Crippen LogP contribution >= 0.6 is 0 Å². The van der Waals surface area contributed by atoms with Crippen molar-refractivity contribution in [3.63, 3.8) is 0 Å². The summed E-state index contributed by atoms with van der Waals surface area (Å²) in [5.41, 5.74) is 3.17. The first-order valence-electron chi connectivity index (χ1n) is 8.70. The lowest BCUT2D eigenvalue weighted by Gasteiger charge is -2.35. The SMILES string of the molecule is Cn1cnc2c1[C@@H](COCc1ccccc1)N(C(=O)c1ccco1)CC2. The number of ether oxygens (including phenoxy) is 1. The van der Waals surface area contributed by atoms with Gasteiger partial charge in [-0.25, -0.2) is 4.98 Å². The number of hydrogen-bond acceptors (Lipinski definition) is 4. The molecular formula is C20H21N3O3. The van der Waals surface area contributed by atoms with Gasteiger partial charge < -0.3 is 18.6 Å². The van der Waals surface area contributed by atoms with Gasteiger partial charge in [0.2, 0.25) is 0 Å². The van der Waals surface area contributed by atoms with E-state index in [1.165, 1.54) is 6.26 Å². The number of nitrogens with zero attached hydrogens (tertiary/aromatic N) is 3. The van der Waals surface area contributed by atoms with E-state index in [-0.39, 0.29) is 11.9 Å². The highest BCUT2D eigenvalue weighted by molar-refractivity contribution is 5.91. The Bertz CT molecular complexity index is 871. The summed E-state index contributed by atoms with van der Waals surface area (Å²) in [4.78, 5) is 19.2. The number of aryl methyl sites for hydroxylation is 1. The van der Waals surface area contributed by atoms with Gasteiger partial charge in [-0.15, -0.1) is 0 Å². The van der Waals surface area contributed by atoms with Crippen LogP contribution in [-0.4, -0.2) is 33.5 Å². The third-order valence-electron chi connectivity index (χ3n) is 4.72. The molecule has 0 unspecified atom stereocenters. The molecule has 1 aliphatic heterocycles. The van der Waals surface area contributed by atoms with E-state index in [1.54, 1.807) is 18.5 Å². The summed E-state index contributed by atoms with van der Waals surface area (Å²) in [6.45, 7) is 1.52. The van der Waals surface area contributed by atoms with Crippen molar-refractivity contribution in [2.75, 3.05) is 13.2 Å². The lowest BCUT2D eigenvalue weighted by atomic mass is 10.0. The summed E-state index contributed by atoms with van der Waals surface area (Å²) < 4.78 is 13.3. The Balaban J connectivity index is 1.55. The number of imidazole rings is 1. The molecule has 0 fully saturated rings. The molecule has 0 saturated carbocycles. The van der Waals surface area contributed by atoms with Crippen molar-refractivity contribution in [1.82, 2.24) is 14.5 Å². The largest absolute Gasteiger partial charge is 0.459 e. The molecule has 1 aromatic carbocycles. The molecule has 0 saturated heterocycles. The van der Waals surface area contributed by atoms with E-state index in [0.717, 1.165) is 23.4 Å². The monoisotopic (exact) mass is 351 g/mol. The zero-order valence-corrected chi connectivity index (χ0v) is 14.7. The maximum atomic E-state index is 12.9. The second-order valence-corrected chi connectivity index (χ2v) is 6.43. The molecule has 6 heteroatoms. The van der Waals surface area contributed by atoms with Gasteiger partial charge in [0.05, 0.1) is 43.2 Å². The average Bonchev–Trinajstić information content (AvgIpc) is 3.33. The summed E-state index contributed by atoms with van der Waals surface area (Å²) in [6, 6.07) is 13.3. The molecule has 0 spiro atoms. The molecule has 3 heterocycles. The topological polar surface area (TPSA) is 60.5 Å². The Morgan fingerprint density at radius 1 is 1.27 bits per heavy atom. The summed E-state index contributed by atoms with van der Waals surface area (Å²) in [7, 11) is 1.96. The molecule has 0 aliphatic carbocycles. The highest BCUT2D eigenvalue weighted by Gasteiger charge is 2.35. The minimum absolute atomic E-state index is 0.116. The smallest absolute Gasteiger partial charge is 0.290 e. The molecule has 0 N–H and O–H groups in total. The third kappa shape index (κ3) is 3.15. The highest BCUT2D eigenvalue weighted by atomic mass is 16.5. The molecule has 1 amide bonds. The number of amides is 1. The van der Waals surface area contributed by atoms with Gasteiger partial charge in [-0.2, -0.15) is 0 Å². The first-order valence-corrected chi connectivity index (χ1v) is 8.70. The number of carbonyl (C=O) groups is 1. The highest BCUT2D eigenvalue weighted by Crippen LogP contribution is 2.30. The molecule has 2 aromatic heterocycles. The van der Waals surface area contributed by atoms with Crippen LogP contribution in [0.3, 0.4) is 0 Å². The van der Waals surface area contributed by atoms with Crippen LogP contribution < -0.4 is 0 Å². The van der Waals surface area contributed by atoms with Crippen LogP contribution in [0.4, 0.5) is 0 Å². The normalized spacial score (nSPS) is 16.5. The van der Waals surface area contributed by atoms with Crippen molar-refractivity contribution in [3.8, 4) is 0 Å². The number of furan rings is 1. The molecule has 1 aliphatic rings. The van der Waals surface area contributed by atoms with Crippen molar-refractivity contribution >= 4 is 5.91 Å². The zero-order chi connectivity index (χ0) is 17.9. The predicted molar refractivity (Wildman–Crippen MR) is 95.5 cm³/mol. The molecule has 4 rings (SSSR count). The quantitative estimate of drug-likeness (QED) is 0.709. The number of rotatable bonds is 5. The predicted octanol–water partition coefficient (Wildman–Crippen LogP) is 2.97. The molecule has 3 aromatic rings. The maximum Gasteiger partial charge on any atom is 0.290 e. The minimum atomic E-state index is -0.187. The first-order chi connectivity index (χ1) is 12.7. The van der Waals surface area contributed by atoms with E-state index >= 15 is 0 Å². The van der Waals surface area contributed by atoms with E-state index in [2.05, 4.69) is 4.98 Å². The van der Waals surface area contributed by atoms with Gasteiger partial charge in [0, 0.05) is 20.0 Å². The molecule has 1 atom stereocenters. The summed E-state index contributed by atoms with van der Waals surface area (Å²) in [5.74, 6) is 0.235. The fourth-order valence-electron chi connectivity index (χ4n) is 3.45. The Hall–Kier alpha value is -2.86. The van der Waals surface area contributed by atoms with E-state index in [1.807, 2.05) is 46.8 Å². The van der Waals surface area contributed by atoms with Crippen molar-refractivity contribution in [1.29, 1.82) is 0 Å². The zero-order valence-electron chi connectivity index (χ0n) is 14.7. The van der Waals surface area contributed by atoms with Crippen LogP contribution in [0, 0.1) is 0 Å². The average molecular weight is 351 g/mol. The fourth-order valence-corrected chi connectivity index (χ4v) is 3.45. The van der Waals surface area contributed by atoms with Crippen molar-refractivity contribution in [2.45, 2.75) is 19.1 Å². The van der Waals surface area contributed by atoms with Gasteiger partial charge in [-0.1, -0.05) is 30.3 Å². The van der Waals surface area contributed by atoms with Gasteiger partial charge in [0.25, 0.3) is 5.91 Å². The Labute approximate surface area is 152 Å². The maximum absolute atomic E-state index is 12.9. The first kappa shape index (κ1) is 16.6. The van der Waals surface area contributed by atoms with Gasteiger partial charge in [-0.3, -0.25) is 4.79 Å². The van der Waals surface area contributed by atoms with Crippen LogP contribution in [0.15, 0.2) is 59.5 Å².